The molecule has 0 amide bonds. The Balaban J connectivity index is 1.53. The third kappa shape index (κ3) is 5.86. The first-order chi connectivity index (χ1) is 13.3. The molecule has 144 valence electrons. The molecule has 2 aromatic rings. The highest BCUT2D eigenvalue weighted by molar-refractivity contribution is 5.70. The van der Waals surface area contributed by atoms with Gasteiger partial charge in [-0.1, -0.05) is 30.3 Å². The highest BCUT2D eigenvalue weighted by atomic mass is 15.3. The van der Waals surface area contributed by atoms with Gasteiger partial charge in [-0.3, -0.25) is 4.99 Å². The molecule has 2 heterocycles. The van der Waals surface area contributed by atoms with Gasteiger partial charge in [0.15, 0.2) is 0 Å². The summed E-state index contributed by atoms with van der Waals surface area (Å²) in [6, 6.07) is 13.0. The van der Waals surface area contributed by atoms with Crippen molar-refractivity contribution in [1.29, 1.82) is 0 Å². The first kappa shape index (κ1) is 19.5. The monoisotopic (exact) mass is 365 g/mol. The quantitative estimate of drug-likeness (QED) is 0.548. The standard InChI is InChI=1S/C22H31N5/c1-3-23-17-24-18-27-19(2)16-22(25-27)21-10-7-13-26(15-12-21)14-11-20-8-5-4-6-9-20/h3-6,8-9,16-17,21H,7,10-15,18H2,1-2H3/b23-3?,24-17-. The lowest BCUT2D eigenvalue weighted by Gasteiger charge is -2.19. The maximum atomic E-state index is 4.82. The Kier molecular flexibility index (Phi) is 7.34. The Labute approximate surface area is 162 Å². The Morgan fingerprint density at radius 3 is 2.85 bits per heavy atom. The van der Waals surface area contributed by atoms with Crippen molar-refractivity contribution in [3.8, 4) is 0 Å². The second-order valence-corrected chi connectivity index (χ2v) is 7.26. The van der Waals surface area contributed by atoms with Gasteiger partial charge in [0, 0.05) is 24.4 Å². The number of hydrogen-bond donors (Lipinski definition) is 0. The molecule has 0 spiro atoms. The van der Waals surface area contributed by atoms with E-state index in [1.807, 2.05) is 11.6 Å². The van der Waals surface area contributed by atoms with E-state index in [4.69, 9.17) is 5.10 Å². The van der Waals surface area contributed by atoms with Crippen LogP contribution >= 0.6 is 0 Å². The summed E-state index contributed by atoms with van der Waals surface area (Å²) in [7, 11) is 0. The molecule has 5 heteroatoms. The number of rotatable bonds is 7. The largest absolute Gasteiger partial charge is 0.303 e. The van der Waals surface area contributed by atoms with Crippen molar-refractivity contribution in [2.24, 2.45) is 9.98 Å². The predicted molar refractivity (Wildman–Crippen MR) is 113 cm³/mol. The van der Waals surface area contributed by atoms with E-state index in [0.717, 1.165) is 19.5 Å². The molecule has 1 aromatic carbocycles. The molecule has 1 aromatic heterocycles. The highest BCUT2D eigenvalue weighted by Crippen LogP contribution is 2.27. The summed E-state index contributed by atoms with van der Waals surface area (Å²) in [5.74, 6) is 0.560. The number of aliphatic imine (C=N–C) groups is 2. The van der Waals surface area contributed by atoms with Gasteiger partial charge in [-0.15, -0.1) is 0 Å². The van der Waals surface area contributed by atoms with E-state index in [1.165, 1.54) is 42.8 Å². The zero-order chi connectivity index (χ0) is 18.9. The minimum atomic E-state index is 0.541. The van der Waals surface area contributed by atoms with E-state index in [1.54, 1.807) is 12.6 Å². The molecular formula is C22H31N5. The van der Waals surface area contributed by atoms with E-state index in [-0.39, 0.29) is 0 Å². The fraction of sp³-hybridized carbons (Fsp3) is 0.500. The summed E-state index contributed by atoms with van der Waals surface area (Å²) >= 11 is 0. The zero-order valence-electron chi connectivity index (χ0n) is 16.6. The number of nitrogens with zero attached hydrogens (tertiary/aromatic N) is 5. The van der Waals surface area contributed by atoms with Gasteiger partial charge in [0.1, 0.15) is 13.0 Å². The summed E-state index contributed by atoms with van der Waals surface area (Å²) in [6.45, 7) is 8.04. The van der Waals surface area contributed by atoms with Gasteiger partial charge in [-0.05, 0) is 64.3 Å². The molecule has 0 saturated carbocycles. The third-order valence-electron chi connectivity index (χ3n) is 5.31. The van der Waals surface area contributed by atoms with E-state index >= 15 is 0 Å². The summed E-state index contributed by atoms with van der Waals surface area (Å²) in [5, 5.41) is 4.82. The lowest BCUT2D eigenvalue weighted by atomic mass is 9.97. The summed E-state index contributed by atoms with van der Waals surface area (Å²) < 4.78 is 1.98. The van der Waals surface area contributed by atoms with Crippen LogP contribution in [0.15, 0.2) is 46.4 Å². The van der Waals surface area contributed by atoms with E-state index in [2.05, 4.69) is 58.2 Å². The lowest BCUT2D eigenvalue weighted by molar-refractivity contribution is 0.287. The van der Waals surface area contributed by atoms with Gasteiger partial charge in [0.25, 0.3) is 0 Å². The second kappa shape index (κ2) is 10.2. The molecule has 1 fully saturated rings. The van der Waals surface area contributed by atoms with Crippen LogP contribution in [0.25, 0.3) is 0 Å². The van der Waals surface area contributed by atoms with Crippen molar-refractivity contribution in [2.45, 2.75) is 52.1 Å². The Morgan fingerprint density at radius 1 is 1.19 bits per heavy atom. The Bertz CT molecular complexity index is 747. The number of aryl methyl sites for hydroxylation is 1. The molecule has 0 N–H and O–H groups in total. The molecule has 3 rings (SSSR count). The van der Waals surface area contributed by atoms with E-state index in [0.29, 0.717) is 12.6 Å². The predicted octanol–water partition coefficient (Wildman–Crippen LogP) is 4.08. The van der Waals surface area contributed by atoms with Gasteiger partial charge >= 0.3 is 0 Å². The van der Waals surface area contributed by atoms with Crippen LogP contribution in [0, 0.1) is 6.92 Å². The van der Waals surface area contributed by atoms with Crippen molar-refractivity contribution in [3.63, 3.8) is 0 Å². The molecule has 0 radical (unpaired) electrons. The number of likely N-dealkylation sites (tertiary alicyclic amines) is 1. The smallest absolute Gasteiger partial charge is 0.133 e. The molecule has 1 aliphatic rings. The van der Waals surface area contributed by atoms with Crippen molar-refractivity contribution in [3.05, 3.63) is 53.3 Å². The van der Waals surface area contributed by atoms with Crippen LogP contribution < -0.4 is 0 Å². The van der Waals surface area contributed by atoms with Crippen molar-refractivity contribution in [1.82, 2.24) is 14.7 Å². The number of hydrogen-bond acceptors (Lipinski definition) is 3. The van der Waals surface area contributed by atoms with Crippen LogP contribution in [-0.2, 0) is 13.1 Å². The molecule has 1 aliphatic heterocycles. The van der Waals surface area contributed by atoms with Crippen LogP contribution in [0.2, 0.25) is 0 Å². The fourth-order valence-corrected chi connectivity index (χ4v) is 3.71. The molecule has 1 unspecified atom stereocenters. The fourth-order valence-electron chi connectivity index (χ4n) is 3.71. The first-order valence-corrected chi connectivity index (χ1v) is 10.0. The zero-order valence-corrected chi connectivity index (χ0v) is 16.6. The summed E-state index contributed by atoms with van der Waals surface area (Å²) in [6.07, 6.45) is 8.12. The summed E-state index contributed by atoms with van der Waals surface area (Å²) in [4.78, 5) is 10.9. The molecule has 27 heavy (non-hydrogen) atoms. The summed E-state index contributed by atoms with van der Waals surface area (Å²) in [5.41, 5.74) is 3.83. The average molecular weight is 366 g/mol. The SMILES string of the molecule is CC=N/C=N\Cn1nc(C2CCCN(CCc3ccccc3)CC2)cc1C. The third-order valence-corrected chi connectivity index (χ3v) is 5.31. The molecule has 1 saturated heterocycles. The van der Waals surface area contributed by atoms with Gasteiger partial charge in [0.2, 0.25) is 0 Å². The molecular weight excluding hydrogens is 334 g/mol. The molecule has 0 bridgehead atoms. The van der Waals surface area contributed by atoms with Crippen molar-refractivity contribution < 1.29 is 0 Å². The number of benzene rings is 1. The molecule has 1 atom stereocenters. The van der Waals surface area contributed by atoms with Crippen molar-refractivity contribution >= 4 is 12.6 Å². The first-order valence-electron chi connectivity index (χ1n) is 10.0. The maximum Gasteiger partial charge on any atom is 0.133 e. The van der Waals surface area contributed by atoms with Crippen molar-refractivity contribution in [2.75, 3.05) is 19.6 Å². The van der Waals surface area contributed by atoms with E-state index in [9.17, 15) is 0 Å². The van der Waals surface area contributed by atoms with Crippen LogP contribution in [0.3, 0.4) is 0 Å². The van der Waals surface area contributed by atoms with Gasteiger partial charge in [-0.25, -0.2) is 9.67 Å². The van der Waals surface area contributed by atoms with Crippen LogP contribution in [0.4, 0.5) is 0 Å². The normalized spacial score (nSPS) is 19.1. The molecule has 0 aliphatic carbocycles. The lowest BCUT2D eigenvalue weighted by Crippen LogP contribution is -2.27. The minimum Gasteiger partial charge on any atom is -0.303 e. The van der Waals surface area contributed by atoms with E-state index < -0.39 is 0 Å². The topological polar surface area (TPSA) is 45.8 Å². The average Bonchev–Trinajstić information content (AvgIpc) is 2.91. The van der Waals surface area contributed by atoms with Gasteiger partial charge < -0.3 is 4.90 Å². The van der Waals surface area contributed by atoms with Crippen LogP contribution in [0.1, 0.15) is 49.1 Å². The Hall–Kier alpha value is -2.27. The van der Waals surface area contributed by atoms with Crippen LogP contribution in [-0.4, -0.2) is 46.9 Å². The van der Waals surface area contributed by atoms with Gasteiger partial charge in [0.05, 0.1) is 5.69 Å². The van der Waals surface area contributed by atoms with Crippen LogP contribution in [0.5, 0.6) is 0 Å². The molecule has 5 nitrogen and oxygen atoms in total. The minimum absolute atomic E-state index is 0.541. The number of aromatic nitrogens is 2. The Morgan fingerprint density at radius 2 is 2.04 bits per heavy atom. The second-order valence-electron chi connectivity index (χ2n) is 7.26. The maximum absolute atomic E-state index is 4.82. The van der Waals surface area contributed by atoms with Gasteiger partial charge in [-0.2, -0.15) is 5.10 Å². The highest BCUT2D eigenvalue weighted by Gasteiger charge is 2.21.